The van der Waals surface area contributed by atoms with Gasteiger partial charge in [-0.2, -0.15) is 13.2 Å². The summed E-state index contributed by atoms with van der Waals surface area (Å²) in [6.07, 6.45) is -0.875. The Bertz CT molecular complexity index is 1330. The molecule has 2 aromatic heterocycles. The van der Waals surface area contributed by atoms with E-state index in [9.17, 15) is 22.8 Å². The summed E-state index contributed by atoms with van der Waals surface area (Å²) in [5.41, 5.74) is 1.56. The van der Waals surface area contributed by atoms with Gasteiger partial charge in [0.15, 0.2) is 0 Å². The van der Waals surface area contributed by atoms with E-state index in [1.54, 1.807) is 21.1 Å². The summed E-state index contributed by atoms with van der Waals surface area (Å²) in [4.78, 5) is 35.6. The van der Waals surface area contributed by atoms with Gasteiger partial charge in [0, 0.05) is 42.0 Å². The molecule has 1 fully saturated rings. The number of pyridine rings is 1. The molecule has 4 heterocycles. The van der Waals surface area contributed by atoms with Crippen molar-refractivity contribution in [1.29, 1.82) is 0 Å². The van der Waals surface area contributed by atoms with Crippen LogP contribution < -0.4 is 4.90 Å². The molecule has 2 aliphatic rings. The van der Waals surface area contributed by atoms with Crippen LogP contribution in [0.2, 0.25) is 0 Å². The van der Waals surface area contributed by atoms with Gasteiger partial charge < -0.3 is 4.90 Å². The van der Waals surface area contributed by atoms with Crippen molar-refractivity contribution >= 4 is 44.6 Å². The standard InChI is InChI=1S/C26H25F3N4O2S/c1-17-12-20-13-19(2-4-22(20)36-17)18-6-8-32(9-7-18)24(34)15-31-10-11-33(25(35)16-31)23-5-3-21(14-30-23)26(27,28)29/h2-6,12-14H,7-11,15-16H2,1H3. The molecular formula is C26H25F3N4O2S. The van der Waals surface area contributed by atoms with Crippen LogP contribution in [-0.4, -0.2) is 65.9 Å². The van der Waals surface area contributed by atoms with Crippen LogP contribution in [0.3, 0.4) is 0 Å². The third-order valence-electron chi connectivity index (χ3n) is 6.58. The predicted octanol–water partition coefficient (Wildman–Crippen LogP) is 4.59. The molecule has 6 nitrogen and oxygen atoms in total. The summed E-state index contributed by atoms with van der Waals surface area (Å²) in [5.74, 6) is -0.146. The maximum absolute atomic E-state index is 12.9. The Kier molecular flexibility index (Phi) is 6.57. The van der Waals surface area contributed by atoms with Crippen LogP contribution in [0, 0.1) is 6.92 Å². The number of fused-ring (bicyclic) bond motifs is 1. The van der Waals surface area contributed by atoms with Crippen molar-refractivity contribution in [3.8, 4) is 0 Å². The van der Waals surface area contributed by atoms with Crippen LogP contribution in [0.4, 0.5) is 19.0 Å². The number of rotatable bonds is 4. The van der Waals surface area contributed by atoms with Crippen molar-refractivity contribution in [2.24, 2.45) is 0 Å². The molecular weight excluding hydrogens is 489 g/mol. The average molecular weight is 515 g/mol. The number of benzene rings is 1. The van der Waals surface area contributed by atoms with Gasteiger partial charge in [0.05, 0.1) is 18.7 Å². The monoisotopic (exact) mass is 514 g/mol. The molecule has 10 heteroatoms. The van der Waals surface area contributed by atoms with E-state index in [0.717, 1.165) is 18.7 Å². The minimum Gasteiger partial charge on any atom is -0.338 e. The Morgan fingerprint density at radius 3 is 2.61 bits per heavy atom. The highest BCUT2D eigenvalue weighted by Crippen LogP contribution is 2.31. The highest BCUT2D eigenvalue weighted by molar-refractivity contribution is 7.19. The van der Waals surface area contributed by atoms with Gasteiger partial charge in [0.1, 0.15) is 5.82 Å². The Morgan fingerprint density at radius 1 is 1.11 bits per heavy atom. The smallest absolute Gasteiger partial charge is 0.338 e. The number of halogens is 3. The Labute approximate surface area is 210 Å². The van der Waals surface area contributed by atoms with E-state index in [4.69, 9.17) is 0 Å². The van der Waals surface area contributed by atoms with Gasteiger partial charge >= 0.3 is 6.18 Å². The molecule has 0 atom stereocenters. The van der Waals surface area contributed by atoms with E-state index in [-0.39, 0.29) is 37.3 Å². The minimum absolute atomic E-state index is 0.0173. The second-order valence-electron chi connectivity index (χ2n) is 9.09. The van der Waals surface area contributed by atoms with Crippen molar-refractivity contribution in [1.82, 2.24) is 14.8 Å². The first-order valence-corrected chi connectivity index (χ1v) is 12.5. The molecule has 0 spiro atoms. The number of thiophene rings is 1. The van der Waals surface area contributed by atoms with Crippen LogP contribution >= 0.6 is 11.3 Å². The second-order valence-corrected chi connectivity index (χ2v) is 10.4. The molecule has 0 radical (unpaired) electrons. The number of nitrogens with zero attached hydrogens (tertiary/aromatic N) is 4. The Morgan fingerprint density at radius 2 is 1.94 bits per heavy atom. The molecule has 1 aromatic carbocycles. The van der Waals surface area contributed by atoms with Crippen molar-refractivity contribution in [3.63, 3.8) is 0 Å². The Balaban J connectivity index is 1.15. The zero-order valence-electron chi connectivity index (χ0n) is 19.7. The molecule has 0 N–H and O–H groups in total. The number of piperazine rings is 1. The third-order valence-corrected chi connectivity index (χ3v) is 7.61. The van der Waals surface area contributed by atoms with Gasteiger partial charge in [-0.25, -0.2) is 4.98 Å². The highest BCUT2D eigenvalue weighted by Gasteiger charge is 2.32. The topological polar surface area (TPSA) is 56.8 Å². The number of anilines is 1. The molecule has 1 saturated heterocycles. The van der Waals surface area contributed by atoms with Crippen LogP contribution in [0.1, 0.15) is 22.4 Å². The third kappa shape index (κ3) is 5.15. The Hall–Kier alpha value is -3.24. The van der Waals surface area contributed by atoms with E-state index < -0.39 is 11.7 Å². The SMILES string of the molecule is Cc1cc2cc(C3=CCN(C(=O)CN4CCN(c5ccc(C(F)(F)F)cn5)C(=O)C4)CC3)ccc2s1. The number of hydrogen-bond acceptors (Lipinski definition) is 5. The fraction of sp³-hybridized carbons (Fsp3) is 0.346. The first-order valence-electron chi connectivity index (χ1n) is 11.7. The molecule has 2 amide bonds. The molecule has 0 bridgehead atoms. The quantitative estimate of drug-likeness (QED) is 0.511. The lowest BCUT2D eigenvalue weighted by molar-refractivity contribution is -0.138. The molecule has 5 rings (SSSR count). The predicted molar refractivity (Wildman–Crippen MR) is 134 cm³/mol. The van der Waals surface area contributed by atoms with E-state index in [2.05, 4.69) is 42.2 Å². The van der Waals surface area contributed by atoms with Crippen molar-refractivity contribution in [2.45, 2.75) is 19.5 Å². The summed E-state index contributed by atoms with van der Waals surface area (Å²) >= 11 is 1.78. The van der Waals surface area contributed by atoms with Crippen molar-refractivity contribution in [2.75, 3.05) is 44.2 Å². The molecule has 0 aliphatic carbocycles. The lowest BCUT2D eigenvalue weighted by Gasteiger charge is -2.35. The number of aryl methyl sites for hydroxylation is 1. The highest BCUT2D eigenvalue weighted by atomic mass is 32.1. The van der Waals surface area contributed by atoms with Gasteiger partial charge in [-0.15, -0.1) is 11.3 Å². The van der Waals surface area contributed by atoms with Crippen molar-refractivity contribution in [3.05, 3.63) is 64.7 Å². The van der Waals surface area contributed by atoms with Gasteiger partial charge in [0.25, 0.3) is 0 Å². The zero-order valence-corrected chi connectivity index (χ0v) is 20.5. The fourth-order valence-corrected chi connectivity index (χ4v) is 5.54. The maximum Gasteiger partial charge on any atom is 0.417 e. The van der Waals surface area contributed by atoms with Crippen LogP contribution in [-0.2, 0) is 15.8 Å². The summed E-state index contributed by atoms with van der Waals surface area (Å²) < 4.78 is 39.6. The molecule has 2 aliphatic heterocycles. The van der Waals surface area contributed by atoms with Crippen LogP contribution in [0.15, 0.2) is 48.7 Å². The number of alkyl halides is 3. The lowest BCUT2D eigenvalue weighted by Crippen LogP contribution is -2.53. The number of aromatic nitrogens is 1. The summed E-state index contributed by atoms with van der Waals surface area (Å²) in [5, 5.41) is 1.24. The molecule has 3 aromatic rings. The zero-order chi connectivity index (χ0) is 25.4. The fourth-order valence-electron chi connectivity index (χ4n) is 4.64. The van der Waals surface area contributed by atoms with Gasteiger partial charge in [-0.3, -0.25) is 19.4 Å². The maximum atomic E-state index is 12.9. The van der Waals surface area contributed by atoms with Gasteiger partial charge in [-0.1, -0.05) is 12.1 Å². The summed E-state index contributed by atoms with van der Waals surface area (Å²) in [7, 11) is 0. The van der Waals surface area contributed by atoms with Crippen LogP contribution in [0.5, 0.6) is 0 Å². The first-order chi connectivity index (χ1) is 17.2. The summed E-state index contributed by atoms with van der Waals surface area (Å²) in [6.45, 7) is 4.10. The number of hydrogen-bond donors (Lipinski definition) is 0. The normalized spacial score (nSPS) is 17.6. The molecule has 0 saturated carbocycles. The van der Waals surface area contributed by atoms with Crippen LogP contribution in [0.25, 0.3) is 15.7 Å². The number of amides is 2. The number of carbonyl (C=O) groups is 2. The van der Waals surface area contributed by atoms with E-state index in [1.807, 2.05) is 0 Å². The van der Waals surface area contributed by atoms with Crippen molar-refractivity contribution < 1.29 is 22.8 Å². The van der Waals surface area contributed by atoms with Gasteiger partial charge in [-0.05, 0) is 60.2 Å². The van der Waals surface area contributed by atoms with E-state index in [0.29, 0.717) is 19.6 Å². The largest absolute Gasteiger partial charge is 0.417 e. The van der Waals surface area contributed by atoms with E-state index >= 15 is 0 Å². The second kappa shape index (κ2) is 9.67. The average Bonchev–Trinajstić information content (AvgIpc) is 3.23. The molecule has 36 heavy (non-hydrogen) atoms. The number of carbonyl (C=O) groups excluding carboxylic acids is 2. The molecule has 188 valence electrons. The summed E-state index contributed by atoms with van der Waals surface area (Å²) in [6, 6.07) is 10.8. The minimum atomic E-state index is -4.48. The van der Waals surface area contributed by atoms with Gasteiger partial charge in [0.2, 0.25) is 11.8 Å². The molecule has 0 unspecified atom stereocenters. The first kappa shape index (κ1) is 24.5. The lowest BCUT2D eigenvalue weighted by atomic mass is 9.98. The van der Waals surface area contributed by atoms with E-state index in [1.165, 1.54) is 37.1 Å².